The monoisotopic (exact) mass is 439 g/mol. The van der Waals surface area contributed by atoms with E-state index in [0.717, 1.165) is 5.56 Å². The van der Waals surface area contributed by atoms with Gasteiger partial charge in [0.1, 0.15) is 5.75 Å². The predicted molar refractivity (Wildman–Crippen MR) is 108 cm³/mol. The molecule has 0 spiro atoms. The van der Waals surface area contributed by atoms with Crippen molar-refractivity contribution in [3.63, 3.8) is 0 Å². The van der Waals surface area contributed by atoms with Crippen molar-refractivity contribution in [1.29, 1.82) is 0 Å². The average Bonchev–Trinajstić information content (AvgIpc) is 2.68. The molecule has 0 saturated carbocycles. The number of hydrogen-bond acceptors (Lipinski definition) is 6. The van der Waals surface area contributed by atoms with Gasteiger partial charge in [0.25, 0.3) is 0 Å². The van der Waals surface area contributed by atoms with Gasteiger partial charge in [-0.1, -0.05) is 17.7 Å². The van der Waals surface area contributed by atoms with E-state index in [1.54, 1.807) is 42.7 Å². The van der Waals surface area contributed by atoms with Crippen molar-refractivity contribution in [1.82, 2.24) is 14.2 Å². The Labute approximate surface area is 174 Å². The normalized spacial score (nSPS) is 15.9. The number of pyridine rings is 1. The van der Waals surface area contributed by atoms with Crippen LogP contribution in [0.1, 0.15) is 11.1 Å². The van der Waals surface area contributed by atoms with Gasteiger partial charge in [-0.3, -0.25) is 9.88 Å². The molecule has 1 N–H and O–H groups in total. The van der Waals surface area contributed by atoms with E-state index in [-0.39, 0.29) is 5.75 Å². The lowest BCUT2D eigenvalue weighted by molar-refractivity contribution is -0.139. The molecule has 1 aromatic heterocycles. The van der Waals surface area contributed by atoms with Gasteiger partial charge in [-0.2, -0.15) is 4.31 Å². The Morgan fingerprint density at radius 2 is 1.97 bits per heavy atom. The van der Waals surface area contributed by atoms with Crippen molar-refractivity contribution in [3.8, 4) is 5.75 Å². The first-order valence-corrected chi connectivity index (χ1v) is 11.0. The minimum Gasteiger partial charge on any atom is -0.482 e. The Kier molecular flexibility index (Phi) is 7.07. The van der Waals surface area contributed by atoms with Crippen LogP contribution in [0.25, 0.3) is 0 Å². The molecule has 156 valence electrons. The van der Waals surface area contributed by atoms with Crippen molar-refractivity contribution in [3.05, 3.63) is 58.9 Å². The molecule has 0 atom stereocenters. The second-order valence-electron chi connectivity index (χ2n) is 6.73. The molecular formula is C19H22ClN3O5S. The average molecular weight is 440 g/mol. The second kappa shape index (κ2) is 9.53. The fraction of sp³-hybridized carbons (Fsp3) is 0.368. The zero-order valence-corrected chi connectivity index (χ0v) is 17.3. The van der Waals surface area contributed by atoms with Crippen LogP contribution in [0.4, 0.5) is 0 Å². The molecule has 1 fully saturated rings. The number of hydrogen-bond donors (Lipinski definition) is 1. The summed E-state index contributed by atoms with van der Waals surface area (Å²) in [6, 6.07) is 8.50. The van der Waals surface area contributed by atoms with E-state index in [4.69, 9.17) is 21.4 Å². The maximum Gasteiger partial charge on any atom is 0.341 e. The minimum absolute atomic E-state index is 0.0672. The maximum atomic E-state index is 12.7. The summed E-state index contributed by atoms with van der Waals surface area (Å²) in [5.41, 5.74) is 1.43. The Hall–Kier alpha value is -2.20. The van der Waals surface area contributed by atoms with E-state index in [2.05, 4.69) is 9.88 Å². The lowest BCUT2D eigenvalue weighted by Gasteiger charge is -2.34. The highest BCUT2D eigenvalue weighted by Gasteiger charge is 2.27. The Morgan fingerprint density at radius 1 is 1.21 bits per heavy atom. The van der Waals surface area contributed by atoms with Gasteiger partial charge in [0, 0.05) is 55.7 Å². The molecule has 0 radical (unpaired) electrons. The van der Waals surface area contributed by atoms with Gasteiger partial charge in [-0.05, 0) is 29.8 Å². The third kappa shape index (κ3) is 6.14. The number of carbonyl (C=O) groups is 1. The molecule has 0 unspecified atom stereocenters. The van der Waals surface area contributed by atoms with Crippen LogP contribution in [-0.4, -0.2) is 66.5 Å². The summed E-state index contributed by atoms with van der Waals surface area (Å²) in [6.45, 7) is 1.93. The molecule has 1 aliphatic rings. The number of aromatic nitrogens is 1. The molecule has 29 heavy (non-hydrogen) atoms. The summed E-state index contributed by atoms with van der Waals surface area (Å²) < 4.78 is 32.1. The van der Waals surface area contributed by atoms with E-state index in [0.29, 0.717) is 49.1 Å². The second-order valence-corrected chi connectivity index (χ2v) is 9.13. The highest BCUT2D eigenvalue weighted by molar-refractivity contribution is 7.88. The molecule has 8 nitrogen and oxygen atoms in total. The quantitative estimate of drug-likeness (QED) is 0.669. The smallest absolute Gasteiger partial charge is 0.341 e. The third-order valence-electron chi connectivity index (χ3n) is 4.56. The summed E-state index contributed by atoms with van der Waals surface area (Å²) in [6.07, 6.45) is 3.17. The number of aliphatic carboxylic acids is 1. The van der Waals surface area contributed by atoms with Crippen molar-refractivity contribution < 1.29 is 23.1 Å². The summed E-state index contributed by atoms with van der Waals surface area (Å²) in [7, 11) is -3.41. The van der Waals surface area contributed by atoms with E-state index < -0.39 is 22.6 Å². The van der Waals surface area contributed by atoms with Crippen LogP contribution in [0, 0.1) is 0 Å². The molecule has 2 heterocycles. The zero-order valence-electron chi connectivity index (χ0n) is 15.7. The van der Waals surface area contributed by atoms with Crippen LogP contribution < -0.4 is 4.74 Å². The minimum atomic E-state index is -3.41. The first kappa shape index (κ1) is 21.5. The first-order valence-electron chi connectivity index (χ1n) is 9.05. The van der Waals surface area contributed by atoms with E-state index in [1.807, 2.05) is 0 Å². The number of piperazine rings is 1. The first-order chi connectivity index (χ1) is 13.8. The fourth-order valence-corrected chi connectivity index (χ4v) is 4.83. The molecule has 0 amide bonds. The van der Waals surface area contributed by atoms with Gasteiger partial charge in [0.05, 0.1) is 5.75 Å². The standard InChI is InChI=1S/C19H22ClN3O5S/c20-17-3-4-18(28-13-19(24)25)16(10-17)12-22-6-8-23(9-7-22)29(26,27)14-15-2-1-5-21-11-15/h1-5,10-11H,6-9,12-14H2,(H,24,25). The predicted octanol–water partition coefficient (Wildman–Crippen LogP) is 1.85. The molecular weight excluding hydrogens is 418 g/mol. The SMILES string of the molecule is O=C(O)COc1ccc(Cl)cc1CN1CCN(S(=O)(=O)Cc2cccnc2)CC1. The molecule has 1 saturated heterocycles. The summed E-state index contributed by atoms with van der Waals surface area (Å²) >= 11 is 6.07. The van der Waals surface area contributed by atoms with Gasteiger partial charge in [-0.25, -0.2) is 13.2 Å². The highest BCUT2D eigenvalue weighted by Crippen LogP contribution is 2.25. The number of rotatable bonds is 8. The fourth-order valence-electron chi connectivity index (χ4n) is 3.14. The topological polar surface area (TPSA) is 100 Å². The van der Waals surface area contributed by atoms with E-state index in [9.17, 15) is 13.2 Å². The van der Waals surface area contributed by atoms with Crippen molar-refractivity contribution in [2.45, 2.75) is 12.3 Å². The summed E-state index contributed by atoms with van der Waals surface area (Å²) in [5.74, 6) is -0.663. The molecule has 1 aliphatic heterocycles. The van der Waals surface area contributed by atoms with Gasteiger partial charge >= 0.3 is 5.97 Å². The number of benzene rings is 1. The third-order valence-corrected chi connectivity index (χ3v) is 6.65. The van der Waals surface area contributed by atoms with Crippen LogP contribution in [0.5, 0.6) is 5.75 Å². The van der Waals surface area contributed by atoms with Gasteiger partial charge in [-0.15, -0.1) is 0 Å². The van der Waals surface area contributed by atoms with Crippen LogP contribution in [0.3, 0.4) is 0 Å². The molecule has 0 aliphatic carbocycles. The lowest BCUT2D eigenvalue weighted by atomic mass is 10.1. The number of ether oxygens (including phenoxy) is 1. The molecule has 2 aromatic rings. The largest absolute Gasteiger partial charge is 0.482 e. The molecule has 10 heteroatoms. The van der Waals surface area contributed by atoms with Crippen LogP contribution in [0.15, 0.2) is 42.7 Å². The van der Waals surface area contributed by atoms with Crippen molar-refractivity contribution in [2.24, 2.45) is 0 Å². The number of sulfonamides is 1. The van der Waals surface area contributed by atoms with Crippen LogP contribution in [-0.2, 0) is 27.1 Å². The van der Waals surface area contributed by atoms with E-state index >= 15 is 0 Å². The maximum absolute atomic E-state index is 12.7. The zero-order chi connectivity index (χ0) is 20.9. The van der Waals surface area contributed by atoms with Gasteiger partial charge in [0.15, 0.2) is 6.61 Å². The molecule has 1 aromatic carbocycles. The highest BCUT2D eigenvalue weighted by atomic mass is 35.5. The summed E-state index contributed by atoms with van der Waals surface area (Å²) in [5, 5.41) is 9.35. The number of carboxylic acid groups (broad SMARTS) is 1. The molecule has 0 bridgehead atoms. The Balaban J connectivity index is 1.60. The molecule has 3 rings (SSSR count). The van der Waals surface area contributed by atoms with Gasteiger partial charge in [0.2, 0.25) is 10.0 Å². The summed E-state index contributed by atoms with van der Waals surface area (Å²) in [4.78, 5) is 16.8. The number of nitrogens with zero attached hydrogens (tertiary/aromatic N) is 3. The van der Waals surface area contributed by atoms with Crippen LogP contribution >= 0.6 is 11.6 Å². The number of halogens is 1. The van der Waals surface area contributed by atoms with Gasteiger partial charge < -0.3 is 9.84 Å². The van der Waals surface area contributed by atoms with Crippen LogP contribution in [0.2, 0.25) is 5.02 Å². The lowest BCUT2D eigenvalue weighted by Crippen LogP contribution is -2.48. The number of carboxylic acids is 1. The van der Waals surface area contributed by atoms with Crippen molar-refractivity contribution in [2.75, 3.05) is 32.8 Å². The van der Waals surface area contributed by atoms with Crippen molar-refractivity contribution >= 4 is 27.6 Å². The van der Waals surface area contributed by atoms with E-state index in [1.165, 1.54) is 4.31 Å². The Morgan fingerprint density at radius 3 is 2.62 bits per heavy atom. The Bertz CT molecular complexity index is 948.